The molecule has 0 heterocycles. The highest BCUT2D eigenvalue weighted by atomic mass is 32.2. The van der Waals surface area contributed by atoms with Gasteiger partial charge in [0.2, 0.25) is 0 Å². The van der Waals surface area contributed by atoms with Crippen LogP contribution in [0.5, 0.6) is 0 Å². The first-order valence-electron chi connectivity index (χ1n) is 6.87. The molecule has 0 radical (unpaired) electrons. The van der Waals surface area contributed by atoms with Crippen molar-refractivity contribution in [2.45, 2.75) is 39.7 Å². The average Bonchev–Trinajstić information content (AvgIpc) is 2.64. The fourth-order valence-corrected chi connectivity index (χ4v) is 3.11. The minimum absolute atomic E-state index is 0.00494. The Bertz CT molecular complexity index is 461. The molecule has 2 atom stereocenters. The van der Waals surface area contributed by atoms with E-state index in [9.17, 15) is 14.4 Å². The van der Waals surface area contributed by atoms with Gasteiger partial charge in [-0.1, -0.05) is 6.92 Å². The van der Waals surface area contributed by atoms with Crippen LogP contribution in [0.2, 0.25) is 0 Å². The Kier molecular flexibility index (Phi) is 6.01. The first-order chi connectivity index (χ1) is 9.69. The Morgan fingerprint density at radius 1 is 1.33 bits per heavy atom. The largest absolute Gasteiger partial charge is 0.469 e. The molecule has 0 aromatic heterocycles. The normalized spacial score (nSPS) is 22.0. The van der Waals surface area contributed by atoms with Crippen molar-refractivity contribution < 1.29 is 23.9 Å². The maximum atomic E-state index is 12.3. The Labute approximate surface area is 129 Å². The minimum Gasteiger partial charge on any atom is -0.469 e. The SMILES string of the molecule is CCSC1=CC(=O)[C@H](C(=O)OC(C)(C)C)[C@H]1CC(=O)OC. The van der Waals surface area contributed by atoms with Crippen LogP contribution in [0, 0.1) is 11.8 Å². The predicted molar refractivity (Wildman–Crippen MR) is 80.7 cm³/mol. The predicted octanol–water partition coefficient (Wildman–Crippen LogP) is 2.34. The second-order valence-electron chi connectivity index (χ2n) is 5.78. The number of hydrogen-bond donors (Lipinski definition) is 0. The molecule has 1 aliphatic carbocycles. The molecule has 0 fully saturated rings. The zero-order valence-electron chi connectivity index (χ0n) is 13.1. The molecule has 0 unspecified atom stereocenters. The molecule has 1 rings (SSSR count). The minimum atomic E-state index is -0.947. The summed E-state index contributed by atoms with van der Waals surface area (Å²) >= 11 is 1.47. The number of hydrogen-bond acceptors (Lipinski definition) is 6. The molecule has 0 amide bonds. The van der Waals surface area contributed by atoms with Crippen molar-refractivity contribution >= 4 is 29.5 Å². The van der Waals surface area contributed by atoms with Gasteiger partial charge in [-0.05, 0) is 37.5 Å². The molecular formula is C15H22O5S. The third kappa shape index (κ3) is 4.88. The van der Waals surface area contributed by atoms with Gasteiger partial charge in [0.05, 0.1) is 13.5 Å². The Hall–Kier alpha value is -1.30. The number of allylic oxidation sites excluding steroid dienone is 2. The quantitative estimate of drug-likeness (QED) is 0.573. The Morgan fingerprint density at radius 2 is 1.95 bits per heavy atom. The van der Waals surface area contributed by atoms with E-state index in [1.165, 1.54) is 24.9 Å². The third-order valence-electron chi connectivity index (χ3n) is 2.94. The van der Waals surface area contributed by atoms with Crippen molar-refractivity contribution in [3.63, 3.8) is 0 Å². The molecule has 0 aromatic rings. The number of thioether (sulfide) groups is 1. The van der Waals surface area contributed by atoms with E-state index in [2.05, 4.69) is 4.74 Å². The van der Waals surface area contributed by atoms with Crippen LogP contribution in [0.1, 0.15) is 34.1 Å². The van der Waals surface area contributed by atoms with Crippen molar-refractivity contribution in [3.05, 3.63) is 11.0 Å². The van der Waals surface area contributed by atoms with Crippen LogP contribution in [0.25, 0.3) is 0 Å². The number of carbonyl (C=O) groups excluding carboxylic acids is 3. The van der Waals surface area contributed by atoms with Gasteiger partial charge < -0.3 is 9.47 Å². The monoisotopic (exact) mass is 314 g/mol. The topological polar surface area (TPSA) is 69.7 Å². The van der Waals surface area contributed by atoms with E-state index in [4.69, 9.17) is 4.74 Å². The van der Waals surface area contributed by atoms with Gasteiger partial charge in [-0.2, -0.15) is 0 Å². The van der Waals surface area contributed by atoms with Crippen LogP contribution < -0.4 is 0 Å². The fourth-order valence-electron chi connectivity index (χ4n) is 2.14. The van der Waals surface area contributed by atoms with Gasteiger partial charge in [-0.15, -0.1) is 11.8 Å². The zero-order valence-corrected chi connectivity index (χ0v) is 13.9. The third-order valence-corrected chi connectivity index (χ3v) is 3.99. The van der Waals surface area contributed by atoms with Crippen molar-refractivity contribution in [1.82, 2.24) is 0 Å². The van der Waals surface area contributed by atoms with Gasteiger partial charge in [-0.3, -0.25) is 14.4 Å². The second kappa shape index (κ2) is 7.11. The van der Waals surface area contributed by atoms with Crippen LogP contribution in [0.15, 0.2) is 11.0 Å². The Morgan fingerprint density at radius 3 is 2.43 bits per heavy atom. The summed E-state index contributed by atoms with van der Waals surface area (Å²) in [6, 6.07) is 0. The number of methoxy groups -OCH3 is 1. The second-order valence-corrected chi connectivity index (χ2v) is 7.12. The summed E-state index contributed by atoms with van der Waals surface area (Å²) in [6.07, 6.45) is 1.46. The lowest BCUT2D eigenvalue weighted by Crippen LogP contribution is -2.35. The molecule has 0 N–H and O–H groups in total. The molecule has 6 heteroatoms. The van der Waals surface area contributed by atoms with Gasteiger partial charge >= 0.3 is 11.9 Å². The molecule has 0 spiro atoms. The van der Waals surface area contributed by atoms with Crippen molar-refractivity contribution in [3.8, 4) is 0 Å². The van der Waals surface area contributed by atoms with Gasteiger partial charge in [0, 0.05) is 5.92 Å². The van der Waals surface area contributed by atoms with Crippen molar-refractivity contribution in [1.29, 1.82) is 0 Å². The smallest absolute Gasteiger partial charge is 0.318 e. The molecule has 0 saturated heterocycles. The molecule has 5 nitrogen and oxygen atoms in total. The summed E-state index contributed by atoms with van der Waals surface area (Å²) in [5, 5.41) is 0. The van der Waals surface area contributed by atoms with E-state index in [0.29, 0.717) is 0 Å². The molecule has 118 valence electrons. The van der Waals surface area contributed by atoms with E-state index >= 15 is 0 Å². The number of ether oxygens (including phenoxy) is 2. The van der Waals surface area contributed by atoms with Crippen molar-refractivity contribution in [2.75, 3.05) is 12.9 Å². The van der Waals surface area contributed by atoms with Gasteiger partial charge in [0.15, 0.2) is 5.78 Å². The summed E-state index contributed by atoms with van der Waals surface area (Å²) in [6.45, 7) is 7.18. The highest BCUT2D eigenvalue weighted by molar-refractivity contribution is 8.03. The number of carbonyl (C=O) groups is 3. The van der Waals surface area contributed by atoms with E-state index in [1.807, 2.05) is 6.92 Å². The molecule has 0 aliphatic heterocycles. The molecular weight excluding hydrogens is 292 g/mol. The first-order valence-corrected chi connectivity index (χ1v) is 7.86. The van der Waals surface area contributed by atoms with Gasteiger partial charge in [-0.25, -0.2) is 0 Å². The van der Waals surface area contributed by atoms with Crippen LogP contribution in [-0.2, 0) is 23.9 Å². The molecule has 21 heavy (non-hydrogen) atoms. The summed E-state index contributed by atoms with van der Waals surface area (Å²) in [5.74, 6) is -1.98. The lowest BCUT2D eigenvalue weighted by Gasteiger charge is -2.25. The summed E-state index contributed by atoms with van der Waals surface area (Å²) in [5.41, 5.74) is -0.673. The first kappa shape index (κ1) is 17.8. The van der Waals surface area contributed by atoms with E-state index < -0.39 is 29.4 Å². The fraction of sp³-hybridized carbons (Fsp3) is 0.667. The molecule has 1 aliphatic rings. The van der Waals surface area contributed by atoms with Crippen molar-refractivity contribution in [2.24, 2.45) is 11.8 Å². The highest BCUT2D eigenvalue weighted by Crippen LogP contribution is 2.40. The van der Waals surface area contributed by atoms with Crippen LogP contribution >= 0.6 is 11.8 Å². The van der Waals surface area contributed by atoms with Crippen LogP contribution in [-0.4, -0.2) is 36.2 Å². The van der Waals surface area contributed by atoms with E-state index in [0.717, 1.165) is 10.7 Å². The maximum absolute atomic E-state index is 12.3. The van der Waals surface area contributed by atoms with Gasteiger partial charge in [0.1, 0.15) is 11.5 Å². The maximum Gasteiger partial charge on any atom is 0.318 e. The number of ketones is 1. The molecule has 0 aromatic carbocycles. The average molecular weight is 314 g/mol. The highest BCUT2D eigenvalue weighted by Gasteiger charge is 2.44. The molecule has 0 bridgehead atoms. The van der Waals surface area contributed by atoms with Gasteiger partial charge in [0.25, 0.3) is 0 Å². The Balaban J connectivity index is 2.97. The number of rotatable bonds is 5. The van der Waals surface area contributed by atoms with Crippen LogP contribution in [0.4, 0.5) is 0 Å². The summed E-state index contributed by atoms with van der Waals surface area (Å²) in [4.78, 5) is 36.7. The number of esters is 2. The van der Waals surface area contributed by atoms with E-state index in [1.54, 1.807) is 20.8 Å². The lowest BCUT2D eigenvalue weighted by molar-refractivity contribution is -0.162. The zero-order chi connectivity index (χ0) is 16.2. The van der Waals surface area contributed by atoms with Crippen LogP contribution in [0.3, 0.4) is 0 Å². The standard InChI is InChI=1S/C15H22O5S/c1-6-21-11-8-10(16)13(9(11)7-12(17)19-5)14(18)20-15(2,3)4/h8-9,13H,6-7H2,1-5H3/t9-,13+/m0/s1. The molecule has 0 saturated carbocycles. The summed E-state index contributed by atoms with van der Waals surface area (Å²) in [7, 11) is 1.29. The summed E-state index contributed by atoms with van der Waals surface area (Å²) < 4.78 is 9.97. The van der Waals surface area contributed by atoms with E-state index in [-0.39, 0.29) is 12.2 Å². The lowest BCUT2D eigenvalue weighted by atomic mass is 9.91.